The van der Waals surface area contributed by atoms with E-state index in [-0.39, 0.29) is 41.6 Å². The number of carbonyl (C=O) groups excluding carboxylic acids is 2. The summed E-state index contributed by atoms with van der Waals surface area (Å²) in [6.07, 6.45) is 1.74. The number of hydrogen-bond donors (Lipinski definition) is 0. The van der Waals surface area contributed by atoms with E-state index in [1.807, 2.05) is 18.7 Å². The fraction of sp³-hybridized carbons (Fsp3) is 0.576. The van der Waals surface area contributed by atoms with Crippen molar-refractivity contribution in [3.05, 3.63) is 49.6 Å². The molecule has 3 aromatic rings. The SMILES string of the molecule is COC(=O)Cc1nn(CC(=O)N2CCC(c3nc(-c4cc(C(C)(C)C)c(OC)c(C(C)(C)C)c4)c(Cl)s3)CC2)c(C)c1C. The summed E-state index contributed by atoms with van der Waals surface area (Å²) in [4.78, 5) is 31.9. The van der Waals surface area contributed by atoms with Crippen LogP contribution in [0.4, 0.5) is 0 Å². The summed E-state index contributed by atoms with van der Waals surface area (Å²) in [6, 6.07) is 4.35. The predicted molar refractivity (Wildman–Crippen MR) is 172 cm³/mol. The largest absolute Gasteiger partial charge is 0.496 e. The Morgan fingerprint density at radius 2 is 1.60 bits per heavy atom. The molecule has 8 nitrogen and oxygen atoms in total. The third-order valence-electron chi connectivity index (χ3n) is 8.41. The first-order valence-electron chi connectivity index (χ1n) is 14.8. The van der Waals surface area contributed by atoms with Gasteiger partial charge in [0.1, 0.15) is 22.3 Å². The molecule has 1 fully saturated rings. The van der Waals surface area contributed by atoms with Crippen molar-refractivity contribution < 1.29 is 19.1 Å². The Morgan fingerprint density at radius 1 is 1.02 bits per heavy atom. The van der Waals surface area contributed by atoms with Gasteiger partial charge in [-0.2, -0.15) is 5.10 Å². The lowest BCUT2D eigenvalue weighted by Crippen LogP contribution is -2.40. The zero-order chi connectivity index (χ0) is 31.9. The highest BCUT2D eigenvalue weighted by molar-refractivity contribution is 7.16. The van der Waals surface area contributed by atoms with Gasteiger partial charge in [-0.1, -0.05) is 53.1 Å². The van der Waals surface area contributed by atoms with Crippen LogP contribution in [0.2, 0.25) is 4.34 Å². The van der Waals surface area contributed by atoms with Crippen molar-refractivity contribution in [2.45, 2.75) is 97.9 Å². The normalized spacial score (nSPS) is 14.7. The van der Waals surface area contributed by atoms with Crippen molar-refractivity contribution in [2.75, 3.05) is 27.3 Å². The van der Waals surface area contributed by atoms with Gasteiger partial charge in [0, 0.05) is 41.4 Å². The molecule has 0 saturated carbocycles. The molecule has 0 spiro atoms. The van der Waals surface area contributed by atoms with Crippen molar-refractivity contribution in [3.63, 3.8) is 0 Å². The van der Waals surface area contributed by atoms with Crippen molar-refractivity contribution in [2.24, 2.45) is 0 Å². The van der Waals surface area contributed by atoms with E-state index in [0.29, 0.717) is 23.1 Å². The minimum absolute atomic E-state index is 0.0224. The number of carbonyl (C=O) groups is 2. The average molecular weight is 629 g/mol. The van der Waals surface area contributed by atoms with Gasteiger partial charge >= 0.3 is 5.97 Å². The Hall–Kier alpha value is -2.91. The van der Waals surface area contributed by atoms with Crippen LogP contribution in [0.5, 0.6) is 5.75 Å². The van der Waals surface area contributed by atoms with Crippen LogP contribution >= 0.6 is 22.9 Å². The van der Waals surface area contributed by atoms with Crippen LogP contribution < -0.4 is 4.74 Å². The first-order valence-corrected chi connectivity index (χ1v) is 16.0. The van der Waals surface area contributed by atoms with E-state index in [1.165, 1.54) is 7.11 Å². The summed E-state index contributed by atoms with van der Waals surface area (Å²) in [5, 5.41) is 5.54. The lowest BCUT2D eigenvalue weighted by molar-refractivity contribution is -0.139. The number of ether oxygens (including phenoxy) is 2. The number of benzene rings is 1. The minimum atomic E-state index is -0.345. The van der Waals surface area contributed by atoms with Crippen molar-refractivity contribution in [3.8, 4) is 17.0 Å². The molecular weight excluding hydrogens is 584 g/mol. The molecular formula is C33H45ClN4O4S. The first-order chi connectivity index (χ1) is 20.0. The van der Waals surface area contributed by atoms with E-state index < -0.39 is 0 Å². The maximum atomic E-state index is 13.2. The summed E-state index contributed by atoms with van der Waals surface area (Å²) >= 11 is 8.41. The van der Waals surface area contributed by atoms with Crippen LogP contribution in [0.1, 0.15) is 93.4 Å². The Kier molecular flexibility index (Phi) is 9.67. The number of halogens is 1. The second kappa shape index (κ2) is 12.6. The highest BCUT2D eigenvalue weighted by atomic mass is 35.5. The number of nitrogens with zero attached hydrogens (tertiary/aromatic N) is 4. The summed E-state index contributed by atoms with van der Waals surface area (Å²) in [5.74, 6) is 0.840. The van der Waals surface area contributed by atoms with Gasteiger partial charge in [0.25, 0.3) is 0 Å². The van der Waals surface area contributed by atoms with Crippen LogP contribution in [0.3, 0.4) is 0 Å². The van der Waals surface area contributed by atoms with Gasteiger partial charge < -0.3 is 14.4 Å². The molecule has 0 unspecified atom stereocenters. The lowest BCUT2D eigenvalue weighted by atomic mass is 9.78. The standard InChI is InChI=1S/C33H45ClN4O4S/c1-19-20(2)38(36-25(19)17-27(40)41-9)18-26(39)37-13-11-21(12-14-37)31-35-28(30(34)43-31)22-15-23(32(3,4)5)29(42-10)24(16-22)33(6,7)8/h15-16,21H,11-14,17-18H2,1-10H3. The van der Waals surface area contributed by atoms with E-state index in [2.05, 4.69) is 58.8 Å². The molecule has 0 aliphatic carbocycles. The molecule has 1 aliphatic rings. The molecule has 0 bridgehead atoms. The van der Waals surface area contributed by atoms with Crippen molar-refractivity contribution >= 4 is 34.8 Å². The van der Waals surface area contributed by atoms with Crippen molar-refractivity contribution in [1.82, 2.24) is 19.7 Å². The number of likely N-dealkylation sites (tertiary alicyclic amines) is 1. The zero-order valence-corrected chi connectivity index (χ0v) is 28.8. The van der Waals surface area contributed by atoms with Gasteiger partial charge in [0.05, 0.1) is 31.3 Å². The van der Waals surface area contributed by atoms with Crippen LogP contribution in [0.25, 0.3) is 11.3 Å². The Labute approximate surface area is 264 Å². The average Bonchev–Trinajstić information content (AvgIpc) is 3.46. The van der Waals surface area contributed by atoms with Crippen LogP contribution in [-0.4, -0.2) is 58.8 Å². The second-order valence-electron chi connectivity index (χ2n) is 13.5. The number of aromatic nitrogens is 3. The van der Waals surface area contributed by atoms with Crippen LogP contribution in [-0.2, 0) is 38.1 Å². The second-order valence-corrected chi connectivity index (χ2v) is 15.1. The number of hydrogen-bond acceptors (Lipinski definition) is 7. The highest BCUT2D eigenvalue weighted by Gasteiger charge is 2.31. The van der Waals surface area contributed by atoms with Gasteiger partial charge in [0.2, 0.25) is 5.91 Å². The van der Waals surface area contributed by atoms with Gasteiger partial charge in [-0.05, 0) is 55.2 Å². The molecule has 43 heavy (non-hydrogen) atoms. The summed E-state index contributed by atoms with van der Waals surface area (Å²) in [7, 11) is 3.10. The molecule has 1 aromatic carbocycles. The molecule has 1 aliphatic heterocycles. The Bertz CT molecular complexity index is 1470. The molecule has 0 radical (unpaired) electrons. The molecule has 0 N–H and O–H groups in total. The lowest BCUT2D eigenvalue weighted by Gasteiger charge is -2.31. The van der Waals surface area contributed by atoms with E-state index in [9.17, 15) is 9.59 Å². The fourth-order valence-electron chi connectivity index (χ4n) is 5.60. The van der Waals surface area contributed by atoms with Gasteiger partial charge in [-0.15, -0.1) is 11.3 Å². The molecule has 3 heterocycles. The third-order valence-corrected chi connectivity index (χ3v) is 9.83. The monoisotopic (exact) mass is 628 g/mol. The summed E-state index contributed by atoms with van der Waals surface area (Å²) in [5.41, 5.74) is 6.28. The fourth-order valence-corrected chi connectivity index (χ4v) is 6.97. The molecule has 1 amide bonds. The number of amides is 1. The zero-order valence-electron chi connectivity index (χ0n) is 27.2. The van der Waals surface area contributed by atoms with Crippen LogP contribution in [0.15, 0.2) is 12.1 Å². The molecule has 0 atom stereocenters. The molecule has 234 valence electrons. The Morgan fingerprint density at radius 3 is 2.12 bits per heavy atom. The predicted octanol–water partition coefficient (Wildman–Crippen LogP) is 7.00. The highest BCUT2D eigenvalue weighted by Crippen LogP contribution is 2.45. The van der Waals surface area contributed by atoms with E-state index in [4.69, 9.17) is 26.1 Å². The Balaban J connectivity index is 1.50. The van der Waals surface area contributed by atoms with E-state index >= 15 is 0 Å². The molecule has 4 rings (SSSR count). The van der Waals surface area contributed by atoms with Gasteiger partial charge in [-0.25, -0.2) is 4.98 Å². The van der Waals surface area contributed by atoms with E-state index in [0.717, 1.165) is 57.2 Å². The quantitative estimate of drug-likeness (QED) is 0.262. The number of esters is 1. The molecule has 10 heteroatoms. The van der Waals surface area contributed by atoms with Gasteiger partial charge in [-0.3, -0.25) is 14.3 Å². The number of rotatable bonds is 7. The first kappa shape index (κ1) is 33.0. The van der Waals surface area contributed by atoms with Gasteiger partial charge in [0.15, 0.2) is 0 Å². The number of piperidine rings is 1. The summed E-state index contributed by atoms with van der Waals surface area (Å²) in [6.45, 7) is 18.5. The summed E-state index contributed by atoms with van der Waals surface area (Å²) < 4.78 is 13.1. The topological polar surface area (TPSA) is 86.5 Å². The smallest absolute Gasteiger partial charge is 0.311 e. The maximum absolute atomic E-state index is 13.2. The maximum Gasteiger partial charge on any atom is 0.311 e. The number of methoxy groups -OCH3 is 2. The van der Waals surface area contributed by atoms with E-state index in [1.54, 1.807) is 23.1 Å². The number of thiazole rings is 1. The third kappa shape index (κ3) is 7.09. The molecule has 1 saturated heterocycles. The van der Waals surface area contributed by atoms with Crippen molar-refractivity contribution in [1.29, 1.82) is 0 Å². The minimum Gasteiger partial charge on any atom is -0.496 e. The van der Waals surface area contributed by atoms with Crippen LogP contribution in [0, 0.1) is 13.8 Å². The molecule has 2 aromatic heterocycles.